The van der Waals surface area contributed by atoms with Crippen LogP contribution in [-0.2, 0) is 4.79 Å². The number of amides is 2. The van der Waals surface area contributed by atoms with Crippen molar-refractivity contribution in [2.24, 2.45) is 0 Å². The Hall–Kier alpha value is -2.44. The van der Waals surface area contributed by atoms with E-state index in [0.29, 0.717) is 10.7 Å². The fraction of sp³-hybridized carbons (Fsp3) is 0.304. The molecule has 2 heterocycles. The molecule has 5 rings (SSSR count). The molecule has 2 fully saturated rings. The Balaban J connectivity index is 1.58. The van der Waals surface area contributed by atoms with Crippen molar-refractivity contribution in [2.75, 3.05) is 0 Å². The number of benzene rings is 2. The van der Waals surface area contributed by atoms with Crippen LogP contribution >= 0.6 is 23.4 Å². The monoisotopic (exact) mass is 439 g/mol. The number of nitrogens with one attached hydrogen (secondary N) is 2. The van der Waals surface area contributed by atoms with Gasteiger partial charge in [-0.05, 0) is 43.5 Å². The molecule has 1 aliphatic heterocycles. The van der Waals surface area contributed by atoms with Crippen molar-refractivity contribution in [3.05, 3.63) is 59.2 Å². The maximum atomic E-state index is 13.5. The first-order valence-electron chi connectivity index (χ1n) is 10.2. The average molecular weight is 440 g/mol. The lowest BCUT2D eigenvalue weighted by Crippen LogP contribution is -2.53. The number of halogens is 1. The molecule has 0 bridgehead atoms. The highest BCUT2D eigenvalue weighted by atomic mass is 35.5. The number of hydrazine groups is 1. The van der Waals surface area contributed by atoms with Gasteiger partial charge < -0.3 is 4.98 Å². The SMILES string of the molecule is CC1SC2(CCCC2)N(NC(=O)c2[nH]c3ccc(Cl)cc3c2-c2ccccc2)C1=O. The van der Waals surface area contributed by atoms with Crippen LogP contribution in [0.4, 0.5) is 0 Å². The summed E-state index contributed by atoms with van der Waals surface area (Å²) in [6.45, 7) is 1.92. The minimum atomic E-state index is -0.325. The fourth-order valence-corrected chi connectivity index (χ4v) is 6.44. The summed E-state index contributed by atoms with van der Waals surface area (Å²) in [7, 11) is 0. The van der Waals surface area contributed by atoms with Crippen LogP contribution in [0.3, 0.4) is 0 Å². The molecule has 2 aromatic carbocycles. The maximum absolute atomic E-state index is 13.5. The fourth-order valence-electron chi connectivity index (χ4n) is 4.64. The number of carbonyl (C=O) groups excluding carboxylic acids is 2. The second kappa shape index (κ2) is 7.36. The van der Waals surface area contributed by atoms with Crippen LogP contribution < -0.4 is 5.43 Å². The Morgan fingerprint density at radius 1 is 1.20 bits per heavy atom. The summed E-state index contributed by atoms with van der Waals surface area (Å²) in [6, 6.07) is 15.3. The number of nitrogens with zero attached hydrogens (tertiary/aromatic N) is 1. The Bertz CT molecular complexity index is 1140. The van der Waals surface area contributed by atoms with Gasteiger partial charge in [-0.3, -0.25) is 15.0 Å². The van der Waals surface area contributed by atoms with Crippen LogP contribution in [0.2, 0.25) is 5.02 Å². The summed E-state index contributed by atoms with van der Waals surface area (Å²) in [5, 5.41) is 2.93. The third kappa shape index (κ3) is 3.10. The van der Waals surface area contributed by atoms with Gasteiger partial charge in [-0.25, -0.2) is 5.01 Å². The lowest BCUT2D eigenvalue weighted by Gasteiger charge is -2.33. The van der Waals surface area contributed by atoms with Gasteiger partial charge in [0, 0.05) is 21.5 Å². The molecule has 0 radical (unpaired) electrons. The molecule has 1 aromatic heterocycles. The van der Waals surface area contributed by atoms with Crippen molar-refractivity contribution in [3.8, 4) is 11.1 Å². The van der Waals surface area contributed by atoms with Crippen LogP contribution in [0, 0.1) is 0 Å². The molecule has 5 nitrogen and oxygen atoms in total. The van der Waals surface area contributed by atoms with Crippen molar-refractivity contribution < 1.29 is 9.59 Å². The standard InChI is InChI=1S/C23H22ClN3O2S/c1-14-22(29)27(23(30-14)11-5-6-12-23)26-21(28)20-19(15-7-3-2-4-8-15)17-13-16(24)9-10-18(17)25-20/h2-4,7-10,13-14,25H,5-6,11-12H2,1H3,(H,26,28). The van der Waals surface area contributed by atoms with E-state index < -0.39 is 0 Å². The number of fused-ring (bicyclic) bond motifs is 1. The van der Waals surface area contributed by atoms with Crippen molar-refractivity contribution in [1.29, 1.82) is 0 Å². The summed E-state index contributed by atoms with van der Waals surface area (Å²) in [5.41, 5.74) is 5.93. The second-order valence-corrected chi connectivity index (χ2v) is 10.1. The molecule has 30 heavy (non-hydrogen) atoms. The molecule has 2 aliphatic rings. The zero-order valence-corrected chi connectivity index (χ0v) is 18.1. The van der Waals surface area contributed by atoms with Crippen LogP contribution in [0.1, 0.15) is 43.1 Å². The van der Waals surface area contributed by atoms with Gasteiger partial charge in [-0.15, -0.1) is 11.8 Å². The van der Waals surface area contributed by atoms with Gasteiger partial charge in [-0.2, -0.15) is 0 Å². The molecule has 1 atom stereocenters. The predicted molar refractivity (Wildman–Crippen MR) is 121 cm³/mol. The van der Waals surface area contributed by atoms with E-state index in [1.807, 2.05) is 49.4 Å². The van der Waals surface area contributed by atoms with Crippen molar-refractivity contribution in [1.82, 2.24) is 15.4 Å². The van der Waals surface area contributed by atoms with E-state index in [4.69, 9.17) is 11.6 Å². The number of hydrogen-bond donors (Lipinski definition) is 2. The van der Waals surface area contributed by atoms with Crippen LogP contribution in [0.25, 0.3) is 22.0 Å². The minimum absolute atomic E-state index is 0.0318. The zero-order chi connectivity index (χ0) is 20.9. The molecule has 7 heteroatoms. The highest BCUT2D eigenvalue weighted by Crippen LogP contribution is 2.50. The first-order chi connectivity index (χ1) is 14.5. The molecule has 1 unspecified atom stereocenters. The maximum Gasteiger partial charge on any atom is 0.286 e. The van der Waals surface area contributed by atoms with Crippen molar-refractivity contribution in [3.63, 3.8) is 0 Å². The van der Waals surface area contributed by atoms with Crippen LogP contribution in [-0.4, -0.2) is 31.9 Å². The lowest BCUT2D eigenvalue weighted by molar-refractivity contribution is -0.134. The molecule has 1 spiro atoms. The quantitative estimate of drug-likeness (QED) is 0.576. The van der Waals surface area contributed by atoms with Crippen molar-refractivity contribution >= 4 is 46.1 Å². The van der Waals surface area contributed by atoms with Crippen molar-refractivity contribution in [2.45, 2.75) is 42.7 Å². The molecular formula is C23H22ClN3O2S. The highest BCUT2D eigenvalue weighted by molar-refractivity contribution is 8.02. The smallest absolute Gasteiger partial charge is 0.286 e. The van der Waals surface area contributed by atoms with E-state index in [2.05, 4.69) is 10.4 Å². The van der Waals surface area contributed by atoms with E-state index >= 15 is 0 Å². The van der Waals surface area contributed by atoms with Gasteiger partial charge >= 0.3 is 0 Å². The zero-order valence-electron chi connectivity index (χ0n) is 16.6. The third-order valence-electron chi connectivity index (χ3n) is 6.02. The Morgan fingerprint density at radius 2 is 1.93 bits per heavy atom. The molecule has 2 amide bonds. The van der Waals surface area contributed by atoms with E-state index in [0.717, 1.165) is 47.7 Å². The molecule has 3 aromatic rings. The average Bonchev–Trinajstić information content (AvgIpc) is 3.42. The summed E-state index contributed by atoms with van der Waals surface area (Å²) < 4.78 is 0. The normalized spacial score (nSPS) is 20.4. The number of aromatic amines is 1. The number of hydrogen-bond acceptors (Lipinski definition) is 3. The Labute approximate surface area is 184 Å². The Morgan fingerprint density at radius 3 is 2.67 bits per heavy atom. The Kier molecular flexibility index (Phi) is 4.79. The molecule has 1 aliphatic carbocycles. The summed E-state index contributed by atoms with van der Waals surface area (Å²) in [4.78, 5) is 29.3. The number of thioether (sulfide) groups is 1. The van der Waals surface area contributed by atoms with Gasteiger partial charge in [0.15, 0.2) is 0 Å². The molecular weight excluding hydrogens is 418 g/mol. The first kappa shape index (κ1) is 19.5. The molecule has 2 N–H and O–H groups in total. The number of rotatable bonds is 3. The molecule has 1 saturated heterocycles. The van der Waals surface area contributed by atoms with Gasteiger partial charge in [0.2, 0.25) is 0 Å². The highest BCUT2D eigenvalue weighted by Gasteiger charge is 2.52. The largest absolute Gasteiger partial charge is 0.350 e. The minimum Gasteiger partial charge on any atom is -0.350 e. The number of H-pyrrole nitrogens is 1. The van der Waals surface area contributed by atoms with E-state index in [-0.39, 0.29) is 21.9 Å². The summed E-state index contributed by atoms with van der Waals surface area (Å²) in [6.07, 6.45) is 3.95. The van der Waals surface area contributed by atoms with Crippen LogP contribution in [0.5, 0.6) is 0 Å². The van der Waals surface area contributed by atoms with E-state index in [9.17, 15) is 9.59 Å². The molecule has 1 saturated carbocycles. The third-order valence-corrected chi connectivity index (χ3v) is 7.84. The molecule has 154 valence electrons. The van der Waals surface area contributed by atoms with Gasteiger partial charge in [0.1, 0.15) is 10.6 Å². The van der Waals surface area contributed by atoms with Gasteiger partial charge in [0.25, 0.3) is 11.8 Å². The lowest BCUT2D eigenvalue weighted by atomic mass is 10.0. The van der Waals surface area contributed by atoms with Crippen LogP contribution in [0.15, 0.2) is 48.5 Å². The predicted octanol–water partition coefficient (Wildman–Crippen LogP) is 5.37. The summed E-state index contributed by atoms with van der Waals surface area (Å²) >= 11 is 7.92. The second-order valence-electron chi connectivity index (χ2n) is 7.96. The van der Waals surface area contributed by atoms with E-state index in [1.54, 1.807) is 22.8 Å². The van der Waals surface area contributed by atoms with Gasteiger partial charge in [0.05, 0.1) is 5.25 Å². The van der Waals surface area contributed by atoms with E-state index in [1.165, 1.54) is 0 Å². The van der Waals surface area contributed by atoms with Gasteiger partial charge in [-0.1, -0.05) is 54.8 Å². The summed E-state index contributed by atoms with van der Waals surface area (Å²) in [5.74, 6) is -0.342. The number of aromatic nitrogens is 1. The topological polar surface area (TPSA) is 65.2 Å². The first-order valence-corrected chi connectivity index (χ1v) is 11.4. The number of carbonyl (C=O) groups is 2.